The van der Waals surface area contributed by atoms with Crippen LogP contribution in [-0.4, -0.2) is 29.8 Å². The Morgan fingerprint density at radius 1 is 0.848 bits per heavy atom. The van der Waals surface area contributed by atoms with Crippen molar-refractivity contribution in [2.45, 2.75) is 10.1 Å². The third-order valence-corrected chi connectivity index (χ3v) is 8.11. The lowest BCUT2D eigenvalue weighted by atomic mass is 10.1. The molecule has 0 aliphatic heterocycles. The summed E-state index contributed by atoms with van der Waals surface area (Å²) in [6, 6.07) is 33.7. The molecule has 0 bridgehead atoms. The van der Waals surface area contributed by atoms with E-state index in [0.717, 1.165) is 10.5 Å². The first-order valence-electron chi connectivity index (χ1n) is 14.1. The monoisotopic (exact) mass is 648 g/mol. The molecule has 0 spiro atoms. The Kier molecular flexibility index (Phi) is 10.8. The Morgan fingerprint density at radius 3 is 2.33 bits per heavy atom. The van der Waals surface area contributed by atoms with Crippen LogP contribution in [0.4, 0.5) is 11.4 Å². The summed E-state index contributed by atoms with van der Waals surface area (Å²) in [5, 5.41) is 8.36. The maximum atomic E-state index is 13.7. The van der Waals surface area contributed by atoms with Gasteiger partial charge in [-0.2, -0.15) is 0 Å². The summed E-state index contributed by atoms with van der Waals surface area (Å²) in [5.41, 5.74) is 2.80. The Balaban J connectivity index is 1.38. The largest absolute Gasteiger partial charge is 0.495 e. The van der Waals surface area contributed by atoms with Crippen LogP contribution in [0.25, 0.3) is 6.08 Å². The van der Waals surface area contributed by atoms with Gasteiger partial charge in [0.25, 0.3) is 11.8 Å². The molecule has 0 saturated carbocycles. The molecule has 1 aromatic heterocycles. The Bertz CT molecular complexity index is 1850. The van der Waals surface area contributed by atoms with Crippen LogP contribution in [0.2, 0.25) is 5.02 Å². The number of hydrogen-bond acceptors (Lipinski definition) is 6. The van der Waals surface area contributed by atoms with E-state index < -0.39 is 17.1 Å². The highest BCUT2D eigenvalue weighted by Gasteiger charge is 2.24. The fraction of sp³-hybridized carbons (Fsp3) is 0.0556. The van der Waals surface area contributed by atoms with E-state index in [-0.39, 0.29) is 11.6 Å². The number of anilines is 2. The average molecular weight is 649 g/mol. The van der Waals surface area contributed by atoms with Crippen molar-refractivity contribution in [1.29, 1.82) is 0 Å². The minimum Gasteiger partial charge on any atom is -0.495 e. The van der Waals surface area contributed by atoms with Crippen LogP contribution in [0.1, 0.15) is 26.7 Å². The van der Waals surface area contributed by atoms with Crippen molar-refractivity contribution >= 4 is 58.5 Å². The van der Waals surface area contributed by atoms with Crippen molar-refractivity contribution in [3.8, 4) is 5.75 Å². The van der Waals surface area contributed by atoms with Crippen LogP contribution >= 0.6 is 23.4 Å². The number of methoxy groups -OCH3 is 1. The lowest BCUT2D eigenvalue weighted by molar-refractivity contribution is -0.116. The molecule has 1 heterocycles. The predicted molar refractivity (Wildman–Crippen MR) is 183 cm³/mol. The van der Waals surface area contributed by atoms with Crippen molar-refractivity contribution in [3.05, 3.63) is 155 Å². The summed E-state index contributed by atoms with van der Waals surface area (Å²) >= 11 is 7.51. The lowest BCUT2D eigenvalue weighted by Gasteiger charge is -2.19. The highest BCUT2D eigenvalue weighted by Crippen LogP contribution is 2.38. The van der Waals surface area contributed by atoms with E-state index in [4.69, 9.17) is 16.3 Å². The van der Waals surface area contributed by atoms with E-state index in [9.17, 15) is 14.4 Å². The van der Waals surface area contributed by atoms with E-state index >= 15 is 0 Å². The highest BCUT2D eigenvalue weighted by molar-refractivity contribution is 8.00. The molecule has 0 fully saturated rings. The van der Waals surface area contributed by atoms with Gasteiger partial charge >= 0.3 is 0 Å². The van der Waals surface area contributed by atoms with Crippen molar-refractivity contribution in [2.75, 3.05) is 17.7 Å². The number of nitrogens with one attached hydrogen (secondary N) is 3. The number of aromatic nitrogens is 1. The van der Waals surface area contributed by atoms with Gasteiger partial charge in [0.15, 0.2) is 0 Å². The van der Waals surface area contributed by atoms with E-state index in [0.29, 0.717) is 33.3 Å². The molecule has 3 N–H and O–H groups in total. The number of carbonyl (C=O) groups excluding carboxylic acids is 3. The Hall–Kier alpha value is -5.38. The molecule has 0 saturated heterocycles. The smallest absolute Gasteiger partial charge is 0.272 e. The Labute approximate surface area is 275 Å². The second-order valence-corrected chi connectivity index (χ2v) is 11.5. The summed E-state index contributed by atoms with van der Waals surface area (Å²) in [5.74, 6) is -0.755. The standard InChI is InChI=1S/C36H29ClN4O4S/c1-45-32-18-17-27(37)21-30(32)40-36(44)33(25-11-4-2-5-12-25)46-29-16-8-15-28(22-29)39-35(43)31(20-24-10-9-19-38-23-24)41-34(42)26-13-6-3-7-14-26/h2-23,33H,1H3,(H,39,43)(H,40,44)(H,41,42)/b31-20-. The maximum absolute atomic E-state index is 13.7. The van der Waals surface area contributed by atoms with Crippen LogP contribution in [0.5, 0.6) is 5.75 Å². The SMILES string of the molecule is COc1ccc(Cl)cc1NC(=O)C(Sc1cccc(NC(=O)/C(=C/c2cccnc2)NC(=O)c2ccccc2)c1)c1ccccc1. The minimum absolute atomic E-state index is 0.0388. The number of halogens is 1. The molecular formula is C36H29ClN4O4S. The van der Waals surface area contributed by atoms with Crippen LogP contribution in [0.3, 0.4) is 0 Å². The molecule has 3 amide bonds. The molecule has 1 atom stereocenters. The van der Waals surface area contributed by atoms with Gasteiger partial charge < -0.3 is 20.7 Å². The quantitative estimate of drug-likeness (QED) is 0.100. The molecule has 230 valence electrons. The van der Waals surface area contributed by atoms with Gasteiger partial charge in [-0.25, -0.2) is 0 Å². The van der Waals surface area contributed by atoms with Gasteiger partial charge in [-0.3, -0.25) is 19.4 Å². The zero-order valence-electron chi connectivity index (χ0n) is 24.6. The first-order chi connectivity index (χ1) is 22.4. The van der Waals surface area contributed by atoms with E-state index in [2.05, 4.69) is 20.9 Å². The number of nitrogens with zero attached hydrogens (tertiary/aromatic N) is 1. The summed E-state index contributed by atoms with van der Waals surface area (Å²) in [6.45, 7) is 0. The highest BCUT2D eigenvalue weighted by atomic mass is 35.5. The summed E-state index contributed by atoms with van der Waals surface area (Å²) in [4.78, 5) is 45.0. The number of thioether (sulfide) groups is 1. The van der Waals surface area contributed by atoms with Crippen molar-refractivity contribution in [1.82, 2.24) is 10.3 Å². The van der Waals surface area contributed by atoms with Gasteiger partial charge in [-0.15, -0.1) is 11.8 Å². The second kappa shape index (κ2) is 15.6. The molecule has 8 nitrogen and oxygen atoms in total. The molecule has 0 aliphatic rings. The fourth-order valence-corrected chi connectivity index (χ4v) is 5.68. The molecule has 4 aromatic carbocycles. The molecule has 5 rings (SSSR count). The van der Waals surface area contributed by atoms with Crippen molar-refractivity contribution < 1.29 is 19.1 Å². The zero-order chi connectivity index (χ0) is 32.3. The van der Waals surface area contributed by atoms with Gasteiger partial charge in [-0.1, -0.05) is 72.3 Å². The van der Waals surface area contributed by atoms with Crippen LogP contribution < -0.4 is 20.7 Å². The summed E-state index contributed by atoms with van der Waals surface area (Å²) < 4.78 is 5.41. The molecule has 46 heavy (non-hydrogen) atoms. The number of pyridine rings is 1. The fourth-order valence-electron chi connectivity index (χ4n) is 4.43. The summed E-state index contributed by atoms with van der Waals surface area (Å²) in [6.07, 6.45) is 4.77. The molecule has 1 unspecified atom stereocenters. The first-order valence-corrected chi connectivity index (χ1v) is 15.4. The Morgan fingerprint density at radius 2 is 1.61 bits per heavy atom. The average Bonchev–Trinajstić information content (AvgIpc) is 3.08. The number of amides is 3. The first kappa shape index (κ1) is 32.0. The molecular weight excluding hydrogens is 620 g/mol. The second-order valence-electron chi connectivity index (χ2n) is 9.89. The van der Waals surface area contributed by atoms with Gasteiger partial charge in [-0.05, 0) is 71.8 Å². The summed E-state index contributed by atoms with van der Waals surface area (Å²) in [7, 11) is 1.52. The normalized spacial score (nSPS) is 11.7. The van der Waals surface area contributed by atoms with Gasteiger partial charge in [0.2, 0.25) is 5.91 Å². The van der Waals surface area contributed by atoms with Crippen LogP contribution in [0, 0.1) is 0 Å². The zero-order valence-corrected chi connectivity index (χ0v) is 26.2. The van der Waals surface area contributed by atoms with E-state index in [1.54, 1.807) is 97.3 Å². The predicted octanol–water partition coefficient (Wildman–Crippen LogP) is 7.63. The number of benzene rings is 4. The van der Waals surface area contributed by atoms with Crippen molar-refractivity contribution in [2.24, 2.45) is 0 Å². The topological polar surface area (TPSA) is 109 Å². The van der Waals surface area contributed by atoms with Gasteiger partial charge in [0.1, 0.15) is 16.7 Å². The number of rotatable bonds is 11. The van der Waals surface area contributed by atoms with Crippen molar-refractivity contribution in [3.63, 3.8) is 0 Å². The molecule has 0 radical (unpaired) electrons. The van der Waals surface area contributed by atoms with E-state index in [1.165, 1.54) is 18.9 Å². The maximum Gasteiger partial charge on any atom is 0.272 e. The molecule has 10 heteroatoms. The van der Waals surface area contributed by atoms with Crippen LogP contribution in [-0.2, 0) is 9.59 Å². The lowest BCUT2D eigenvalue weighted by Crippen LogP contribution is -2.30. The third-order valence-electron chi connectivity index (χ3n) is 6.63. The third kappa shape index (κ3) is 8.62. The van der Waals surface area contributed by atoms with Crippen LogP contribution in [0.15, 0.2) is 138 Å². The van der Waals surface area contributed by atoms with E-state index in [1.807, 2.05) is 36.4 Å². The minimum atomic E-state index is -0.651. The number of hydrogen-bond donors (Lipinski definition) is 3. The number of carbonyl (C=O) groups is 3. The van der Waals surface area contributed by atoms with Gasteiger partial charge in [0, 0.05) is 33.6 Å². The number of ether oxygens (including phenoxy) is 1. The van der Waals surface area contributed by atoms with Gasteiger partial charge in [0.05, 0.1) is 12.8 Å². The molecule has 0 aliphatic carbocycles. The molecule has 5 aromatic rings.